The van der Waals surface area contributed by atoms with Crippen molar-refractivity contribution in [3.8, 4) is 0 Å². The maximum Gasteiger partial charge on any atom is 0.217 e. The molecule has 0 bridgehead atoms. The minimum Gasteiger partial charge on any atom is -0.370 e. The maximum atomic E-state index is 9.59. The molecule has 0 saturated heterocycles. The molecule has 0 fully saturated rings. The second-order valence-corrected chi connectivity index (χ2v) is 5.56. The minimum absolute atomic E-state index is 0.245. The average Bonchev–Trinajstić information content (AvgIpc) is 2.36. The van der Waals surface area contributed by atoms with Gasteiger partial charge < -0.3 is 22.9 Å². The van der Waals surface area contributed by atoms with Gasteiger partial charge in [-0.15, -0.1) is 0 Å². The number of amides is 2. The largest absolute Gasteiger partial charge is 0.370 e. The van der Waals surface area contributed by atoms with E-state index in [2.05, 4.69) is 11.5 Å². The minimum atomic E-state index is -0.245. The van der Waals surface area contributed by atoms with E-state index < -0.39 is 0 Å². The normalized spacial score (nSPS) is 8.44. The van der Waals surface area contributed by atoms with Crippen LogP contribution in [0, 0.1) is 0 Å². The van der Waals surface area contributed by atoms with Crippen LogP contribution in [-0.2, 0) is 9.59 Å². The highest BCUT2D eigenvalue weighted by Crippen LogP contribution is 2.18. The van der Waals surface area contributed by atoms with Gasteiger partial charge in [-0.2, -0.15) is 0 Å². The van der Waals surface area contributed by atoms with Crippen molar-refractivity contribution in [3.63, 3.8) is 0 Å². The molecule has 0 heterocycles. The van der Waals surface area contributed by atoms with E-state index in [1.807, 2.05) is 0 Å². The Balaban J connectivity index is -0.000000197. The fraction of sp³-hybridized carbons (Fsp3) is 0.800. The molecule has 2 amide bonds. The molecule has 110 valence electrons. The van der Waals surface area contributed by atoms with Gasteiger partial charge in [0.1, 0.15) is 0 Å². The fourth-order valence-corrected chi connectivity index (χ4v) is 1.93. The lowest BCUT2D eigenvalue weighted by molar-refractivity contribution is -0.118. The molecule has 0 aliphatic rings. The van der Waals surface area contributed by atoms with Gasteiger partial charge in [-0.1, -0.05) is 35.4 Å². The summed E-state index contributed by atoms with van der Waals surface area (Å²) in [6.45, 7) is 4.98. The number of carbonyl (C=O) groups is 2. The molecule has 0 aromatic rings. The second-order valence-electron chi connectivity index (χ2n) is 2.86. The van der Waals surface area contributed by atoms with Crippen LogP contribution in [0.1, 0.15) is 26.7 Å². The number of nitrogens with two attached hydrogens (primary N) is 4. The fourth-order valence-electron chi connectivity index (χ4n) is 0.214. The van der Waals surface area contributed by atoms with Crippen LogP contribution in [-0.4, -0.2) is 36.4 Å². The van der Waals surface area contributed by atoms with Gasteiger partial charge in [-0.3, -0.25) is 9.59 Å². The predicted molar refractivity (Wildman–Crippen MR) is 82.0 cm³/mol. The van der Waals surface area contributed by atoms with E-state index in [9.17, 15) is 9.59 Å². The summed E-state index contributed by atoms with van der Waals surface area (Å²) in [4.78, 5) is 19.2. The van der Waals surface area contributed by atoms with Crippen LogP contribution in [0.2, 0.25) is 0 Å². The van der Waals surface area contributed by atoms with Crippen LogP contribution in [0.4, 0.5) is 0 Å². The van der Waals surface area contributed by atoms with E-state index in [4.69, 9.17) is 11.5 Å². The number of carbonyl (C=O) groups excluding carboxylic acids is 2. The molecular weight excluding hydrogens is 272 g/mol. The summed E-state index contributed by atoms with van der Waals surface area (Å²) in [6.07, 6.45) is 0.889. The Bertz CT molecular complexity index is 175. The molecule has 0 spiro atoms. The summed E-state index contributed by atoms with van der Waals surface area (Å²) in [5.74, 6) is 1.57. The molecule has 0 saturated carbocycles. The third-order valence-corrected chi connectivity index (χ3v) is 3.65. The number of hydrogen-bond acceptors (Lipinski definition) is 6. The molecular formula is C10H26N4O2S2. The first-order valence-corrected chi connectivity index (χ1v) is 8.16. The third kappa shape index (κ3) is 45.0. The molecule has 0 aromatic carbocycles. The van der Waals surface area contributed by atoms with Crippen molar-refractivity contribution in [2.45, 2.75) is 26.7 Å². The van der Waals surface area contributed by atoms with E-state index in [0.717, 1.165) is 24.6 Å². The van der Waals surface area contributed by atoms with E-state index in [0.29, 0.717) is 12.8 Å². The lowest BCUT2D eigenvalue weighted by Crippen LogP contribution is -2.06. The van der Waals surface area contributed by atoms with Gasteiger partial charge in [0.05, 0.1) is 0 Å². The summed E-state index contributed by atoms with van der Waals surface area (Å²) < 4.78 is 0. The molecule has 8 N–H and O–H groups in total. The van der Waals surface area contributed by atoms with Crippen molar-refractivity contribution in [2.24, 2.45) is 22.9 Å². The molecule has 0 aliphatic carbocycles. The highest BCUT2D eigenvalue weighted by atomic mass is 33.1. The van der Waals surface area contributed by atoms with E-state index in [-0.39, 0.29) is 11.8 Å². The van der Waals surface area contributed by atoms with Gasteiger partial charge in [0, 0.05) is 37.4 Å². The van der Waals surface area contributed by atoms with Crippen LogP contribution in [0.25, 0.3) is 0 Å². The lowest BCUT2D eigenvalue weighted by atomic mass is 10.5. The quantitative estimate of drug-likeness (QED) is 0.387. The molecule has 6 nitrogen and oxygen atoms in total. The molecule has 0 unspecified atom stereocenters. The molecule has 0 aliphatic heterocycles. The Morgan fingerprint density at radius 3 is 1.17 bits per heavy atom. The highest BCUT2D eigenvalue weighted by molar-refractivity contribution is 8.76. The van der Waals surface area contributed by atoms with Gasteiger partial charge in [-0.25, -0.2) is 0 Å². The Kier molecular flexibility index (Phi) is 27.5. The van der Waals surface area contributed by atoms with Crippen molar-refractivity contribution in [1.29, 1.82) is 0 Å². The van der Waals surface area contributed by atoms with Crippen LogP contribution in [0.15, 0.2) is 0 Å². The lowest BCUT2D eigenvalue weighted by Gasteiger charge is -1.93. The van der Waals surface area contributed by atoms with Crippen molar-refractivity contribution in [3.05, 3.63) is 0 Å². The highest BCUT2D eigenvalue weighted by Gasteiger charge is 1.84. The first-order valence-electron chi connectivity index (χ1n) is 5.67. The van der Waals surface area contributed by atoms with Gasteiger partial charge in [-0.05, 0) is 0 Å². The van der Waals surface area contributed by atoms with Gasteiger partial charge in [0.2, 0.25) is 11.8 Å². The van der Waals surface area contributed by atoms with Gasteiger partial charge in [0.25, 0.3) is 0 Å². The summed E-state index contributed by atoms with van der Waals surface area (Å²) in [5.41, 5.74) is 19.8. The SMILES string of the molecule is CCC(N)=O.CCC(N)=O.NCCSSCCN. The number of rotatable bonds is 7. The van der Waals surface area contributed by atoms with E-state index in [1.54, 1.807) is 35.4 Å². The topological polar surface area (TPSA) is 138 Å². The van der Waals surface area contributed by atoms with Gasteiger partial charge in [0.15, 0.2) is 0 Å². The molecule has 0 rings (SSSR count). The molecule has 8 heteroatoms. The number of hydrogen-bond donors (Lipinski definition) is 4. The Hall–Kier alpha value is -0.440. The molecule has 0 aromatic heterocycles. The van der Waals surface area contributed by atoms with Crippen LogP contribution < -0.4 is 22.9 Å². The number of primary amides is 2. The third-order valence-electron chi connectivity index (χ3n) is 1.18. The maximum absolute atomic E-state index is 9.59. The van der Waals surface area contributed by atoms with Crippen LogP contribution >= 0.6 is 21.6 Å². The van der Waals surface area contributed by atoms with Gasteiger partial charge >= 0.3 is 0 Å². The zero-order chi connectivity index (χ0) is 14.8. The van der Waals surface area contributed by atoms with Crippen molar-refractivity contribution < 1.29 is 9.59 Å². The van der Waals surface area contributed by atoms with Crippen molar-refractivity contribution >= 4 is 33.4 Å². The van der Waals surface area contributed by atoms with Crippen LogP contribution in [0.3, 0.4) is 0 Å². The zero-order valence-electron chi connectivity index (χ0n) is 11.2. The summed E-state index contributed by atoms with van der Waals surface area (Å²) >= 11 is 0. The molecule has 0 atom stereocenters. The first kappa shape index (κ1) is 22.7. The summed E-state index contributed by atoms with van der Waals surface area (Å²) in [7, 11) is 3.58. The first-order chi connectivity index (χ1) is 8.45. The standard InChI is InChI=1S/C4H12N2S2.2C3H7NO/c5-1-3-7-8-4-2-6;2*1-2-3(4)5/h1-6H2;2*2H2,1H3,(H2,4,5). The Morgan fingerprint density at radius 1 is 0.833 bits per heavy atom. The van der Waals surface area contributed by atoms with Crippen LogP contribution in [0.5, 0.6) is 0 Å². The monoisotopic (exact) mass is 298 g/mol. The summed E-state index contributed by atoms with van der Waals surface area (Å²) in [6, 6.07) is 0. The smallest absolute Gasteiger partial charge is 0.217 e. The zero-order valence-corrected chi connectivity index (χ0v) is 12.8. The average molecular weight is 298 g/mol. The van der Waals surface area contributed by atoms with Crippen molar-refractivity contribution in [2.75, 3.05) is 24.6 Å². The van der Waals surface area contributed by atoms with Crippen molar-refractivity contribution in [1.82, 2.24) is 0 Å². The predicted octanol–water partition coefficient (Wildman–Crippen LogP) is 0.0486. The second kappa shape index (κ2) is 21.8. The van der Waals surface area contributed by atoms with E-state index >= 15 is 0 Å². The Labute approximate surface area is 117 Å². The molecule has 18 heavy (non-hydrogen) atoms. The molecule has 0 radical (unpaired) electrons. The Morgan fingerprint density at radius 2 is 1.06 bits per heavy atom. The summed E-state index contributed by atoms with van der Waals surface area (Å²) in [5, 5.41) is 0. The van der Waals surface area contributed by atoms with E-state index in [1.165, 1.54) is 0 Å².